The minimum atomic E-state index is -0.150. The van der Waals surface area contributed by atoms with E-state index in [1.165, 1.54) is 127 Å². The van der Waals surface area contributed by atoms with Crippen LogP contribution >= 0.6 is 0 Å². The quantitative estimate of drug-likeness (QED) is 0.166. The first-order valence-electron chi connectivity index (χ1n) is 31.6. The van der Waals surface area contributed by atoms with Gasteiger partial charge in [-0.05, 0) is 164 Å². The summed E-state index contributed by atoms with van der Waals surface area (Å²) in [7, 11) is 0. The summed E-state index contributed by atoms with van der Waals surface area (Å²) >= 11 is 0. The third-order valence-corrected chi connectivity index (χ3v) is 21.0. The number of aromatic nitrogens is 5. The first-order valence-corrected chi connectivity index (χ1v) is 31.6. The van der Waals surface area contributed by atoms with E-state index < -0.39 is 0 Å². The summed E-state index contributed by atoms with van der Waals surface area (Å²) in [5.74, 6) is 0.658. The van der Waals surface area contributed by atoms with Gasteiger partial charge in [0.1, 0.15) is 0 Å². The summed E-state index contributed by atoms with van der Waals surface area (Å²) in [6.45, 7) is 14.2. The molecule has 0 atom stereocenters. The van der Waals surface area contributed by atoms with Crippen LogP contribution in [0.4, 0.5) is 0 Å². The molecule has 16 aromatic rings. The van der Waals surface area contributed by atoms with Crippen molar-refractivity contribution in [2.24, 2.45) is 0 Å². The maximum atomic E-state index is 5.62. The Bertz CT molecular complexity index is 5580. The van der Waals surface area contributed by atoms with E-state index in [1.54, 1.807) is 0 Å². The lowest BCUT2D eigenvalue weighted by Crippen LogP contribution is -2.15. The lowest BCUT2D eigenvalue weighted by atomic mass is 9.82. The Kier molecular flexibility index (Phi) is 10.3. The molecule has 19 rings (SSSR count). The van der Waals surface area contributed by atoms with E-state index in [-0.39, 0.29) is 16.2 Å². The summed E-state index contributed by atoms with van der Waals surface area (Å²) in [6.07, 6.45) is 0. The predicted molar refractivity (Wildman–Crippen MR) is 374 cm³/mol. The van der Waals surface area contributed by atoms with Gasteiger partial charge < -0.3 is 13.7 Å². The van der Waals surface area contributed by atoms with Crippen LogP contribution in [0.2, 0.25) is 0 Å². The highest BCUT2D eigenvalue weighted by Gasteiger charge is 2.39. The van der Waals surface area contributed by atoms with Gasteiger partial charge >= 0.3 is 0 Å². The second kappa shape index (κ2) is 18.1. The summed E-state index contributed by atoms with van der Waals surface area (Å²) in [5, 5.41) is 7.46. The Hall–Kier alpha value is -10.9. The van der Waals surface area contributed by atoms with E-state index in [0.717, 1.165) is 50.7 Å². The van der Waals surface area contributed by atoms with Crippen LogP contribution in [0.3, 0.4) is 0 Å². The molecular formula is C85H61N5. The minimum Gasteiger partial charge on any atom is -0.309 e. The van der Waals surface area contributed by atoms with Gasteiger partial charge in [0, 0.05) is 82.3 Å². The van der Waals surface area contributed by atoms with Crippen molar-refractivity contribution in [3.05, 3.63) is 294 Å². The molecule has 4 aromatic heterocycles. The molecule has 0 saturated heterocycles. The van der Waals surface area contributed by atoms with Crippen LogP contribution in [-0.2, 0) is 16.2 Å². The van der Waals surface area contributed by atoms with E-state index in [4.69, 9.17) is 9.97 Å². The largest absolute Gasteiger partial charge is 0.309 e. The average molecular weight is 1150 g/mol. The molecule has 426 valence electrons. The summed E-state index contributed by atoms with van der Waals surface area (Å²) in [6, 6.07) is 97.2. The molecule has 0 fully saturated rings. The Balaban J connectivity index is 0.785. The van der Waals surface area contributed by atoms with Gasteiger partial charge in [-0.1, -0.05) is 205 Å². The third-order valence-electron chi connectivity index (χ3n) is 21.0. The zero-order valence-corrected chi connectivity index (χ0v) is 51.1. The normalized spacial score (nSPS) is 14.6. The smallest absolute Gasteiger partial charge is 0.160 e. The molecule has 0 unspecified atom stereocenters. The SMILES string of the molecule is CC1(C)c2ccccc2-c2cc3c4ccccc4n(-c4ccc(-c5cc(-c6cccc(-n7c8ccccc8c8cc9c(cc87)C(C)(C)c7ccccc7-9)c6)nc(-c6cccc(-n7c8ccccc8c8cc9c(cc87)C(C)(C)c7ccccc7-9)c6)n5)cc4)c3cc21. The van der Waals surface area contributed by atoms with Crippen LogP contribution in [0.25, 0.3) is 150 Å². The van der Waals surface area contributed by atoms with Gasteiger partial charge in [-0.2, -0.15) is 0 Å². The molecule has 3 aliphatic rings. The summed E-state index contributed by atoms with van der Waals surface area (Å²) in [5.41, 5.74) is 30.7. The van der Waals surface area contributed by atoms with Crippen LogP contribution < -0.4 is 0 Å². The molecule has 0 saturated carbocycles. The molecule has 0 amide bonds. The summed E-state index contributed by atoms with van der Waals surface area (Å²) in [4.78, 5) is 11.2. The predicted octanol–water partition coefficient (Wildman–Crippen LogP) is 21.7. The highest BCUT2D eigenvalue weighted by molar-refractivity contribution is 6.14. The van der Waals surface area contributed by atoms with Crippen LogP contribution in [0, 0.1) is 0 Å². The van der Waals surface area contributed by atoms with Crippen molar-refractivity contribution in [1.29, 1.82) is 0 Å². The van der Waals surface area contributed by atoms with Crippen LogP contribution in [0.5, 0.6) is 0 Å². The number of rotatable bonds is 6. The number of benzene rings is 12. The van der Waals surface area contributed by atoms with Crippen molar-refractivity contribution in [3.8, 4) is 84.3 Å². The van der Waals surface area contributed by atoms with Gasteiger partial charge in [0.25, 0.3) is 0 Å². The molecule has 12 aromatic carbocycles. The van der Waals surface area contributed by atoms with Crippen LogP contribution in [0.1, 0.15) is 74.9 Å². The van der Waals surface area contributed by atoms with E-state index in [0.29, 0.717) is 5.82 Å². The topological polar surface area (TPSA) is 40.6 Å². The fourth-order valence-electron chi connectivity index (χ4n) is 16.6. The van der Waals surface area contributed by atoms with Gasteiger partial charge in [-0.15, -0.1) is 0 Å². The lowest BCUT2D eigenvalue weighted by molar-refractivity contribution is 0.661. The molecule has 0 aliphatic heterocycles. The number of fused-ring (bicyclic) bond motifs is 18. The van der Waals surface area contributed by atoms with Crippen molar-refractivity contribution < 1.29 is 0 Å². The van der Waals surface area contributed by atoms with E-state index in [9.17, 15) is 0 Å². The third kappa shape index (κ3) is 6.97. The van der Waals surface area contributed by atoms with E-state index in [1.807, 2.05) is 0 Å². The van der Waals surface area contributed by atoms with Gasteiger partial charge in [0.2, 0.25) is 0 Å². The maximum absolute atomic E-state index is 5.62. The highest BCUT2D eigenvalue weighted by Crippen LogP contribution is 2.54. The molecule has 0 N–H and O–H groups in total. The monoisotopic (exact) mass is 1150 g/mol. The fraction of sp³-hybridized carbons (Fsp3) is 0.106. The molecule has 5 heteroatoms. The molecule has 0 spiro atoms. The van der Waals surface area contributed by atoms with Gasteiger partial charge in [0.05, 0.1) is 44.5 Å². The highest BCUT2D eigenvalue weighted by atomic mass is 15.0. The molecule has 0 radical (unpaired) electrons. The summed E-state index contributed by atoms with van der Waals surface area (Å²) < 4.78 is 7.36. The van der Waals surface area contributed by atoms with Crippen molar-refractivity contribution in [2.75, 3.05) is 0 Å². The first-order chi connectivity index (χ1) is 43.9. The average Bonchev–Trinajstić information content (AvgIpc) is 1.58. The standard InChI is InChI=1S/C85H61N5/c1-83(2)68-31-13-7-25-56(68)62-43-65-59-28-10-16-34-76(59)88(79(65)46-71(62)83)53-39-37-50(38-40-53)74-49-75(51-21-19-23-54(41-51)89-77-35-17-11-29-60(77)66-44-63-57-26-8-14-32-69(57)84(3,4)72(63)47-80(66)89)87-82(86-74)52-22-20-24-55(42-52)90-78-36-18-12-30-61(78)67-45-64-58-27-9-15-33-70(58)85(5,6)73(64)48-81(67)90/h7-49H,1-6H3. The Labute approximate surface area is 522 Å². The van der Waals surface area contributed by atoms with E-state index in [2.05, 4.69) is 316 Å². The van der Waals surface area contributed by atoms with Gasteiger partial charge in [0.15, 0.2) is 5.82 Å². The number of para-hydroxylation sites is 3. The fourth-order valence-corrected chi connectivity index (χ4v) is 16.6. The zero-order valence-electron chi connectivity index (χ0n) is 51.1. The number of hydrogen-bond acceptors (Lipinski definition) is 2. The van der Waals surface area contributed by atoms with Crippen molar-refractivity contribution >= 4 is 65.4 Å². The van der Waals surface area contributed by atoms with Crippen molar-refractivity contribution in [1.82, 2.24) is 23.7 Å². The molecule has 4 heterocycles. The molecule has 3 aliphatic carbocycles. The molecule has 0 bridgehead atoms. The lowest BCUT2D eigenvalue weighted by Gasteiger charge is -2.21. The van der Waals surface area contributed by atoms with Crippen LogP contribution in [0.15, 0.2) is 261 Å². The van der Waals surface area contributed by atoms with Crippen molar-refractivity contribution in [2.45, 2.75) is 57.8 Å². The first kappa shape index (κ1) is 51.2. The second-order valence-corrected chi connectivity index (χ2v) is 26.9. The van der Waals surface area contributed by atoms with Crippen LogP contribution in [-0.4, -0.2) is 23.7 Å². The Morgan fingerprint density at radius 1 is 0.233 bits per heavy atom. The molecular weight excluding hydrogens is 1090 g/mol. The number of nitrogens with zero attached hydrogens (tertiary/aromatic N) is 5. The van der Waals surface area contributed by atoms with E-state index >= 15 is 0 Å². The Morgan fingerprint density at radius 3 is 1.02 bits per heavy atom. The zero-order chi connectivity index (χ0) is 60.1. The molecule has 90 heavy (non-hydrogen) atoms. The Morgan fingerprint density at radius 2 is 0.589 bits per heavy atom. The second-order valence-electron chi connectivity index (χ2n) is 26.9. The molecule has 5 nitrogen and oxygen atoms in total. The maximum Gasteiger partial charge on any atom is 0.160 e. The minimum absolute atomic E-state index is 0.130. The van der Waals surface area contributed by atoms with Gasteiger partial charge in [-0.3, -0.25) is 0 Å². The number of hydrogen-bond donors (Lipinski definition) is 0. The van der Waals surface area contributed by atoms with Gasteiger partial charge in [-0.25, -0.2) is 9.97 Å². The van der Waals surface area contributed by atoms with Crippen molar-refractivity contribution in [3.63, 3.8) is 0 Å².